The van der Waals surface area contributed by atoms with E-state index in [9.17, 15) is 9.59 Å². The number of nitrogens with one attached hydrogen (secondary N) is 1. The summed E-state index contributed by atoms with van der Waals surface area (Å²) < 4.78 is 1.93. The van der Waals surface area contributed by atoms with Gasteiger partial charge in [-0.1, -0.05) is 6.07 Å². The number of nitrogens with zero attached hydrogens (tertiary/aromatic N) is 4. The van der Waals surface area contributed by atoms with E-state index in [2.05, 4.69) is 10.4 Å². The topological polar surface area (TPSA) is 70.5 Å². The molecule has 7 heteroatoms. The molecule has 7 nitrogen and oxygen atoms in total. The zero-order valence-corrected chi connectivity index (χ0v) is 14.0. The molecule has 0 saturated carbocycles. The maximum Gasteiger partial charge on any atom is 0.321 e. The Hall–Kier alpha value is -2.83. The number of likely N-dealkylation sites (tertiary alicyclic amines) is 1. The van der Waals surface area contributed by atoms with Crippen LogP contribution in [0.5, 0.6) is 0 Å². The lowest BCUT2D eigenvalue weighted by atomic mass is 10.0. The fourth-order valence-corrected chi connectivity index (χ4v) is 3.56. The molecule has 4 rings (SSSR count). The Morgan fingerprint density at radius 1 is 1.24 bits per heavy atom. The summed E-state index contributed by atoms with van der Waals surface area (Å²) in [5.41, 5.74) is 1.39. The van der Waals surface area contributed by atoms with Gasteiger partial charge in [0.25, 0.3) is 5.91 Å². The van der Waals surface area contributed by atoms with Crippen LogP contribution in [0.4, 0.5) is 10.5 Å². The predicted molar refractivity (Wildman–Crippen MR) is 93.6 cm³/mol. The third-order valence-electron chi connectivity index (χ3n) is 4.84. The number of benzene rings is 1. The number of anilines is 1. The third kappa shape index (κ3) is 3.09. The molecule has 1 aromatic heterocycles. The van der Waals surface area contributed by atoms with Gasteiger partial charge in [-0.15, -0.1) is 0 Å². The first-order chi connectivity index (χ1) is 12.2. The number of urea groups is 1. The first-order valence-electron chi connectivity index (χ1n) is 8.66. The van der Waals surface area contributed by atoms with Gasteiger partial charge in [-0.25, -0.2) is 4.79 Å². The minimum absolute atomic E-state index is 0.0123. The summed E-state index contributed by atoms with van der Waals surface area (Å²) in [6.45, 7) is 2.68. The number of hydrogen-bond donors (Lipinski definition) is 1. The number of piperidine rings is 1. The summed E-state index contributed by atoms with van der Waals surface area (Å²) in [5, 5.41) is 7.09. The lowest BCUT2D eigenvalue weighted by Gasteiger charge is -2.33. The number of rotatable bonds is 3. The van der Waals surface area contributed by atoms with Gasteiger partial charge in [0.15, 0.2) is 0 Å². The van der Waals surface area contributed by atoms with Gasteiger partial charge >= 0.3 is 6.03 Å². The van der Waals surface area contributed by atoms with Crippen LogP contribution in [0.1, 0.15) is 29.2 Å². The SMILES string of the molecule is O=C(c1cccc(N2CCNC2=O)c1)N1CCCC(n2cccn2)C1. The fourth-order valence-electron chi connectivity index (χ4n) is 3.56. The largest absolute Gasteiger partial charge is 0.337 e. The van der Waals surface area contributed by atoms with Gasteiger partial charge in [0, 0.05) is 49.8 Å². The molecular weight excluding hydrogens is 318 g/mol. The highest BCUT2D eigenvalue weighted by Gasteiger charge is 2.27. The Morgan fingerprint density at radius 2 is 2.16 bits per heavy atom. The van der Waals surface area contributed by atoms with Crippen LogP contribution in [-0.2, 0) is 0 Å². The zero-order valence-electron chi connectivity index (χ0n) is 14.0. The Labute approximate surface area is 146 Å². The molecule has 1 N–H and O–H groups in total. The number of carbonyl (C=O) groups is 2. The van der Waals surface area contributed by atoms with E-state index < -0.39 is 0 Å². The molecule has 2 fully saturated rings. The molecule has 0 bridgehead atoms. The van der Waals surface area contributed by atoms with Crippen LogP contribution in [0, 0.1) is 0 Å². The van der Waals surface area contributed by atoms with Gasteiger partial charge in [-0.2, -0.15) is 5.10 Å². The van der Waals surface area contributed by atoms with Gasteiger partial charge in [-0.05, 0) is 37.1 Å². The Morgan fingerprint density at radius 3 is 2.92 bits per heavy atom. The maximum atomic E-state index is 12.9. The molecule has 1 unspecified atom stereocenters. The molecule has 130 valence electrons. The minimum atomic E-state index is -0.110. The number of amides is 3. The van der Waals surface area contributed by atoms with Gasteiger partial charge in [-0.3, -0.25) is 14.4 Å². The Balaban J connectivity index is 1.51. The average molecular weight is 339 g/mol. The van der Waals surface area contributed by atoms with Crippen molar-refractivity contribution in [2.45, 2.75) is 18.9 Å². The number of carbonyl (C=O) groups excluding carboxylic acids is 2. The molecular formula is C18H21N5O2. The standard InChI is InChI=1S/C18H21N5O2/c24-17(21-9-2-6-16(13-21)23-10-3-7-20-23)14-4-1-5-15(12-14)22-11-8-19-18(22)25/h1,3-5,7,10,12,16H,2,6,8-9,11,13H2,(H,19,25). The van der Waals surface area contributed by atoms with Crippen LogP contribution in [0.3, 0.4) is 0 Å². The van der Waals surface area contributed by atoms with E-state index >= 15 is 0 Å². The molecule has 1 atom stereocenters. The second kappa shape index (κ2) is 6.58. The van der Waals surface area contributed by atoms with Crippen molar-refractivity contribution in [2.24, 2.45) is 0 Å². The predicted octanol–water partition coefficient (Wildman–Crippen LogP) is 1.89. The molecule has 2 aromatic rings. The molecule has 0 spiro atoms. The number of aromatic nitrogens is 2. The molecule has 2 aliphatic heterocycles. The quantitative estimate of drug-likeness (QED) is 0.928. The zero-order chi connectivity index (χ0) is 17.2. The first kappa shape index (κ1) is 15.7. The molecule has 3 heterocycles. The second-order valence-corrected chi connectivity index (χ2v) is 6.47. The fraction of sp³-hybridized carbons (Fsp3) is 0.389. The first-order valence-corrected chi connectivity index (χ1v) is 8.66. The van der Waals surface area contributed by atoms with Crippen molar-refractivity contribution < 1.29 is 9.59 Å². The van der Waals surface area contributed by atoms with Crippen LogP contribution in [-0.4, -0.2) is 52.8 Å². The van der Waals surface area contributed by atoms with E-state index in [1.807, 2.05) is 46.1 Å². The molecule has 3 amide bonds. The molecule has 25 heavy (non-hydrogen) atoms. The highest BCUT2D eigenvalue weighted by atomic mass is 16.2. The lowest BCUT2D eigenvalue weighted by molar-refractivity contribution is 0.0673. The highest BCUT2D eigenvalue weighted by molar-refractivity contribution is 5.98. The molecule has 0 radical (unpaired) electrons. The van der Waals surface area contributed by atoms with Crippen LogP contribution >= 0.6 is 0 Å². The van der Waals surface area contributed by atoms with Crippen LogP contribution in [0.15, 0.2) is 42.7 Å². The van der Waals surface area contributed by atoms with Crippen LogP contribution < -0.4 is 10.2 Å². The Kier molecular flexibility index (Phi) is 4.13. The van der Waals surface area contributed by atoms with E-state index in [1.54, 1.807) is 11.1 Å². The van der Waals surface area contributed by atoms with Crippen LogP contribution in [0.2, 0.25) is 0 Å². The average Bonchev–Trinajstić information content (AvgIpc) is 3.33. The van der Waals surface area contributed by atoms with Gasteiger partial charge < -0.3 is 10.2 Å². The van der Waals surface area contributed by atoms with Crippen molar-refractivity contribution in [3.63, 3.8) is 0 Å². The van der Waals surface area contributed by atoms with Crippen molar-refractivity contribution in [3.05, 3.63) is 48.3 Å². The third-order valence-corrected chi connectivity index (χ3v) is 4.84. The minimum Gasteiger partial charge on any atom is -0.337 e. The Bertz CT molecular complexity index is 774. The van der Waals surface area contributed by atoms with Crippen molar-refractivity contribution in [3.8, 4) is 0 Å². The second-order valence-electron chi connectivity index (χ2n) is 6.47. The summed E-state index contributed by atoms with van der Waals surface area (Å²) in [6, 6.07) is 9.35. The summed E-state index contributed by atoms with van der Waals surface area (Å²) >= 11 is 0. The highest BCUT2D eigenvalue weighted by Crippen LogP contribution is 2.24. The molecule has 1 aromatic carbocycles. The van der Waals surface area contributed by atoms with Gasteiger partial charge in [0.2, 0.25) is 0 Å². The summed E-state index contributed by atoms with van der Waals surface area (Å²) in [5.74, 6) is 0.0123. The summed E-state index contributed by atoms with van der Waals surface area (Å²) in [6.07, 6.45) is 5.71. The smallest absolute Gasteiger partial charge is 0.321 e. The normalized spacial score (nSPS) is 20.6. The summed E-state index contributed by atoms with van der Waals surface area (Å²) in [4.78, 5) is 28.3. The van der Waals surface area contributed by atoms with E-state index in [0.717, 1.165) is 25.1 Å². The van der Waals surface area contributed by atoms with Gasteiger partial charge in [0.05, 0.1) is 6.04 Å². The van der Waals surface area contributed by atoms with E-state index in [1.165, 1.54) is 0 Å². The molecule has 2 saturated heterocycles. The monoisotopic (exact) mass is 339 g/mol. The van der Waals surface area contributed by atoms with E-state index in [4.69, 9.17) is 0 Å². The van der Waals surface area contributed by atoms with Crippen molar-refractivity contribution in [1.29, 1.82) is 0 Å². The van der Waals surface area contributed by atoms with E-state index in [-0.39, 0.29) is 18.0 Å². The number of hydrogen-bond acceptors (Lipinski definition) is 3. The van der Waals surface area contributed by atoms with Crippen molar-refractivity contribution in [1.82, 2.24) is 20.0 Å². The molecule has 0 aliphatic carbocycles. The van der Waals surface area contributed by atoms with Crippen molar-refractivity contribution in [2.75, 3.05) is 31.1 Å². The van der Waals surface area contributed by atoms with Crippen molar-refractivity contribution >= 4 is 17.6 Å². The lowest BCUT2D eigenvalue weighted by Crippen LogP contribution is -2.41. The van der Waals surface area contributed by atoms with Crippen LogP contribution in [0.25, 0.3) is 0 Å². The maximum absolute atomic E-state index is 12.9. The summed E-state index contributed by atoms with van der Waals surface area (Å²) in [7, 11) is 0. The van der Waals surface area contributed by atoms with Gasteiger partial charge in [0.1, 0.15) is 0 Å². The van der Waals surface area contributed by atoms with E-state index in [0.29, 0.717) is 25.2 Å². The molecule has 2 aliphatic rings.